The maximum Gasteiger partial charge on any atom is 0.410 e. The Morgan fingerprint density at radius 1 is 1.12 bits per heavy atom. The van der Waals surface area contributed by atoms with Gasteiger partial charge in [0.25, 0.3) is 0 Å². The molecule has 2 atom stereocenters. The number of nitrogens with zero attached hydrogens (tertiary/aromatic N) is 2. The van der Waals surface area contributed by atoms with Gasteiger partial charge < -0.3 is 19.1 Å². The Balaban J connectivity index is 1.46. The SMILES string of the molecule is COC(=O)C[C@@H]1C[C@H](Oc2cc(F)c(Cl)c(CC3CCC(c4cccc(F)c4)(N(C)C)CC3)c2)CN1C(=O)OC(C)(C)C. The maximum atomic E-state index is 15.0. The van der Waals surface area contributed by atoms with Crippen LogP contribution in [0.4, 0.5) is 13.6 Å². The quantitative estimate of drug-likeness (QED) is 0.293. The highest BCUT2D eigenvalue weighted by Crippen LogP contribution is 2.45. The molecule has 43 heavy (non-hydrogen) atoms. The van der Waals surface area contributed by atoms with Crippen molar-refractivity contribution in [2.24, 2.45) is 5.92 Å². The monoisotopic (exact) mass is 620 g/mol. The summed E-state index contributed by atoms with van der Waals surface area (Å²) in [5, 5.41) is 0.0762. The molecule has 2 fully saturated rings. The maximum absolute atomic E-state index is 15.0. The van der Waals surface area contributed by atoms with E-state index in [2.05, 4.69) is 4.90 Å². The number of amides is 1. The normalized spacial score (nSPS) is 24.2. The second kappa shape index (κ2) is 13.4. The summed E-state index contributed by atoms with van der Waals surface area (Å²) in [5.41, 5.74) is 0.667. The predicted octanol–water partition coefficient (Wildman–Crippen LogP) is 7.13. The third-order valence-electron chi connectivity index (χ3n) is 8.67. The summed E-state index contributed by atoms with van der Waals surface area (Å²) in [6.07, 6.45) is 3.37. The Morgan fingerprint density at radius 2 is 1.81 bits per heavy atom. The van der Waals surface area contributed by atoms with E-state index in [0.29, 0.717) is 24.2 Å². The van der Waals surface area contributed by atoms with Gasteiger partial charge in [-0.3, -0.25) is 9.69 Å². The molecule has 0 spiro atoms. The lowest BCUT2D eigenvalue weighted by atomic mass is 9.70. The van der Waals surface area contributed by atoms with Crippen LogP contribution in [0.3, 0.4) is 0 Å². The van der Waals surface area contributed by atoms with Crippen molar-refractivity contribution in [3.8, 4) is 5.75 Å². The molecule has 2 aromatic rings. The summed E-state index contributed by atoms with van der Waals surface area (Å²) in [7, 11) is 5.36. The van der Waals surface area contributed by atoms with Crippen molar-refractivity contribution in [2.75, 3.05) is 27.7 Å². The van der Waals surface area contributed by atoms with Crippen LogP contribution in [0.15, 0.2) is 36.4 Å². The van der Waals surface area contributed by atoms with Crippen LogP contribution in [0, 0.1) is 17.6 Å². The number of methoxy groups -OCH3 is 1. The Morgan fingerprint density at radius 3 is 2.42 bits per heavy atom. The van der Waals surface area contributed by atoms with E-state index in [0.717, 1.165) is 31.2 Å². The zero-order valence-corrected chi connectivity index (χ0v) is 26.7. The highest BCUT2D eigenvalue weighted by atomic mass is 35.5. The summed E-state index contributed by atoms with van der Waals surface area (Å²) >= 11 is 6.44. The van der Waals surface area contributed by atoms with Crippen LogP contribution in [0.5, 0.6) is 5.75 Å². The topological polar surface area (TPSA) is 68.3 Å². The molecule has 0 N–H and O–H groups in total. The molecule has 0 radical (unpaired) electrons. The first-order valence-electron chi connectivity index (χ1n) is 14.8. The number of hydrogen-bond donors (Lipinski definition) is 0. The first-order chi connectivity index (χ1) is 20.2. The van der Waals surface area contributed by atoms with Crippen molar-refractivity contribution < 1.29 is 32.6 Å². The van der Waals surface area contributed by atoms with Crippen LogP contribution >= 0.6 is 11.6 Å². The highest BCUT2D eigenvalue weighted by molar-refractivity contribution is 6.31. The summed E-state index contributed by atoms with van der Waals surface area (Å²) in [5.74, 6) is -0.661. The van der Waals surface area contributed by atoms with Gasteiger partial charge in [0, 0.05) is 24.1 Å². The van der Waals surface area contributed by atoms with Crippen molar-refractivity contribution in [1.29, 1.82) is 0 Å². The van der Waals surface area contributed by atoms with Gasteiger partial charge in [0.1, 0.15) is 29.1 Å². The number of ether oxygens (including phenoxy) is 3. The molecule has 4 rings (SSSR count). The van der Waals surface area contributed by atoms with Gasteiger partial charge in [-0.05, 0) is 102 Å². The molecule has 1 amide bonds. The number of rotatable bonds is 8. The van der Waals surface area contributed by atoms with E-state index < -0.39 is 35.6 Å². The van der Waals surface area contributed by atoms with Gasteiger partial charge >= 0.3 is 12.1 Å². The first-order valence-corrected chi connectivity index (χ1v) is 15.2. The lowest BCUT2D eigenvalue weighted by molar-refractivity contribution is -0.141. The van der Waals surface area contributed by atoms with E-state index in [-0.39, 0.29) is 35.3 Å². The molecule has 1 saturated heterocycles. The number of likely N-dealkylation sites (tertiary alicyclic amines) is 1. The van der Waals surface area contributed by atoms with E-state index in [1.54, 1.807) is 39.0 Å². The van der Waals surface area contributed by atoms with E-state index in [4.69, 9.17) is 25.8 Å². The molecule has 2 aromatic carbocycles. The van der Waals surface area contributed by atoms with Gasteiger partial charge in [-0.25, -0.2) is 13.6 Å². The molecule has 1 saturated carbocycles. The van der Waals surface area contributed by atoms with Crippen LogP contribution in [-0.2, 0) is 26.2 Å². The Bertz CT molecular complexity index is 1310. The number of benzene rings is 2. The summed E-state index contributed by atoms with van der Waals surface area (Å²) < 4.78 is 45.7. The van der Waals surface area contributed by atoms with Crippen molar-refractivity contribution in [3.05, 3.63) is 64.2 Å². The summed E-state index contributed by atoms with van der Waals surface area (Å²) in [6.45, 7) is 5.51. The second-order valence-electron chi connectivity index (χ2n) is 13.0. The molecule has 7 nitrogen and oxygen atoms in total. The lowest BCUT2D eigenvalue weighted by Crippen LogP contribution is -2.44. The van der Waals surface area contributed by atoms with E-state index in [1.165, 1.54) is 24.1 Å². The van der Waals surface area contributed by atoms with Gasteiger partial charge in [-0.15, -0.1) is 0 Å². The minimum atomic E-state index is -0.706. The average Bonchev–Trinajstić information content (AvgIpc) is 3.32. The van der Waals surface area contributed by atoms with E-state index >= 15 is 4.39 Å². The number of carbonyl (C=O) groups is 2. The van der Waals surface area contributed by atoms with Crippen molar-refractivity contribution in [2.45, 2.75) is 89.0 Å². The van der Waals surface area contributed by atoms with E-state index in [1.807, 2.05) is 20.2 Å². The molecule has 1 aliphatic carbocycles. The Kier molecular flexibility index (Phi) is 10.3. The third-order valence-corrected chi connectivity index (χ3v) is 9.10. The Hall–Kier alpha value is -2.91. The zero-order valence-electron chi connectivity index (χ0n) is 25.9. The minimum Gasteiger partial charge on any atom is -0.488 e. The largest absolute Gasteiger partial charge is 0.488 e. The number of halogens is 3. The predicted molar refractivity (Wildman–Crippen MR) is 161 cm³/mol. The fourth-order valence-electron chi connectivity index (χ4n) is 6.44. The molecular weight excluding hydrogens is 578 g/mol. The fourth-order valence-corrected chi connectivity index (χ4v) is 6.63. The minimum absolute atomic E-state index is 0.00156. The molecule has 2 aliphatic rings. The number of carbonyl (C=O) groups excluding carboxylic acids is 2. The smallest absolute Gasteiger partial charge is 0.410 e. The summed E-state index contributed by atoms with van der Waals surface area (Å²) in [4.78, 5) is 28.6. The van der Waals surface area contributed by atoms with Crippen molar-refractivity contribution in [1.82, 2.24) is 9.80 Å². The molecule has 0 unspecified atom stereocenters. The molecular formula is C33H43ClF2N2O5. The molecule has 1 heterocycles. The summed E-state index contributed by atoms with van der Waals surface area (Å²) in [6, 6.07) is 9.39. The zero-order chi connectivity index (χ0) is 31.5. The van der Waals surface area contributed by atoms with Crippen molar-refractivity contribution >= 4 is 23.7 Å². The van der Waals surface area contributed by atoms with Gasteiger partial charge in [0.15, 0.2) is 0 Å². The number of hydrogen-bond acceptors (Lipinski definition) is 6. The van der Waals surface area contributed by atoms with E-state index in [9.17, 15) is 14.0 Å². The highest BCUT2D eigenvalue weighted by Gasteiger charge is 2.41. The van der Waals surface area contributed by atoms with Gasteiger partial charge in [-0.2, -0.15) is 0 Å². The molecule has 0 bridgehead atoms. The van der Waals surface area contributed by atoms with Crippen LogP contribution in [-0.4, -0.2) is 67.4 Å². The van der Waals surface area contributed by atoms with Crippen LogP contribution < -0.4 is 4.74 Å². The van der Waals surface area contributed by atoms with Gasteiger partial charge in [0.2, 0.25) is 0 Å². The standard InChI is InChI=1S/C33H43ClF2N2O5/c1-32(2,3)43-31(40)38-20-27(17-25(38)18-29(39)41-6)42-26-15-22(30(34)28(36)19-26)14-21-10-12-33(13-11-21,37(4)5)23-8-7-9-24(35)16-23/h7-9,15-16,19,21,25,27H,10-14,17-18,20H2,1-6H3/t21?,25-,27-,33?/m0/s1. The first kappa shape index (κ1) is 33.0. The fraction of sp³-hybridized carbons (Fsp3) is 0.576. The second-order valence-corrected chi connectivity index (χ2v) is 13.4. The third kappa shape index (κ3) is 7.98. The Labute approximate surface area is 258 Å². The lowest BCUT2D eigenvalue weighted by Gasteiger charge is -2.45. The molecule has 10 heteroatoms. The molecule has 1 aliphatic heterocycles. The average molecular weight is 621 g/mol. The number of esters is 1. The van der Waals surface area contributed by atoms with Gasteiger partial charge in [-0.1, -0.05) is 23.7 Å². The van der Waals surface area contributed by atoms with Crippen LogP contribution in [0.25, 0.3) is 0 Å². The van der Waals surface area contributed by atoms with Crippen molar-refractivity contribution in [3.63, 3.8) is 0 Å². The molecule has 236 valence electrons. The van der Waals surface area contributed by atoms with Crippen LogP contribution in [0.1, 0.15) is 70.4 Å². The molecule has 0 aromatic heterocycles. The van der Waals surface area contributed by atoms with Gasteiger partial charge in [0.05, 0.1) is 25.1 Å². The van der Waals surface area contributed by atoms with Crippen LogP contribution in [0.2, 0.25) is 5.02 Å².